The number of cyclic esters (lactones) is 1. The van der Waals surface area contributed by atoms with Gasteiger partial charge in [-0.15, -0.1) is 0 Å². The summed E-state index contributed by atoms with van der Waals surface area (Å²) in [5.41, 5.74) is -0.838. The van der Waals surface area contributed by atoms with E-state index in [1.807, 2.05) is 0 Å². The van der Waals surface area contributed by atoms with Crippen molar-refractivity contribution in [2.75, 3.05) is 6.61 Å². The molecule has 0 saturated heterocycles. The average Bonchev–Trinajstić information content (AvgIpc) is 2.74. The molecule has 0 atom stereocenters. The fourth-order valence-electron chi connectivity index (χ4n) is 1.50. The Morgan fingerprint density at radius 3 is 2.63 bits per heavy atom. The second kappa shape index (κ2) is 4.75. The third kappa shape index (κ3) is 3.12. The zero-order chi connectivity index (χ0) is 14.0. The van der Waals surface area contributed by atoms with Crippen molar-refractivity contribution in [2.24, 2.45) is 0 Å². The largest absolute Gasteiger partial charge is 0.456 e. The predicted molar refractivity (Wildman–Crippen MR) is 58.0 cm³/mol. The Kier molecular flexibility index (Phi) is 3.28. The smallest absolute Gasteiger partial charge is 0.416 e. The minimum absolute atomic E-state index is 0.0937. The topological polar surface area (TPSA) is 55.4 Å². The summed E-state index contributed by atoms with van der Waals surface area (Å²) in [5, 5.41) is 2.31. The van der Waals surface area contributed by atoms with Crippen LogP contribution in [0.4, 0.5) is 13.2 Å². The summed E-state index contributed by atoms with van der Waals surface area (Å²) in [7, 11) is 0. The minimum atomic E-state index is -4.51. The SMILES string of the molecule is O=C1C=C(NC(=O)c2cccc(C(F)(F)F)c2)CO1. The van der Waals surface area contributed by atoms with E-state index in [1.54, 1.807) is 0 Å². The van der Waals surface area contributed by atoms with E-state index < -0.39 is 23.6 Å². The standard InChI is InChI=1S/C12H8F3NO3/c13-12(14,15)8-3-1-2-7(4-8)11(18)16-9-5-10(17)19-6-9/h1-5H,6H2,(H,16,18). The monoisotopic (exact) mass is 271 g/mol. The van der Waals surface area contributed by atoms with Crippen LogP contribution < -0.4 is 5.32 Å². The lowest BCUT2D eigenvalue weighted by Crippen LogP contribution is -2.24. The number of benzene rings is 1. The van der Waals surface area contributed by atoms with Gasteiger partial charge >= 0.3 is 12.1 Å². The molecule has 0 aromatic heterocycles. The maximum Gasteiger partial charge on any atom is 0.416 e. The van der Waals surface area contributed by atoms with Crippen LogP contribution in [0.1, 0.15) is 15.9 Å². The van der Waals surface area contributed by atoms with E-state index in [0.29, 0.717) is 0 Å². The summed E-state index contributed by atoms with van der Waals surface area (Å²) >= 11 is 0. The molecular weight excluding hydrogens is 263 g/mol. The van der Waals surface area contributed by atoms with Gasteiger partial charge in [-0.1, -0.05) is 6.07 Å². The second-order valence-corrected chi connectivity index (χ2v) is 3.81. The molecule has 1 N–H and O–H groups in total. The van der Waals surface area contributed by atoms with Crippen molar-refractivity contribution in [1.29, 1.82) is 0 Å². The fraction of sp³-hybridized carbons (Fsp3) is 0.167. The first-order chi connectivity index (χ1) is 8.86. The number of esters is 1. The molecule has 0 bridgehead atoms. The summed E-state index contributed by atoms with van der Waals surface area (Å²) in [5.74, 6) is -1.32. The van der Waals surface area contributed by atoms with E-state index in [9.17, 15) is 22.8 Å². The van der Waals surface area contributed by atoms with Gasteiger partial charge in [0.25, 0.3) is 5.91 Å². The molecule has 0 fully saturated rings. The summed E-state index contributed by atoms with van der Waals surface area (Å²) < 4.78 is 42.0. The van der Waals surface area contributed by atoms with E-state index in [0.717, 1.165) is 24.3 Å². The zero-order valence-electron chi connectivity index (χ0n) is 9.45. The first-order valence-corrected chi connectivity index (χ1v) is 5.22. The van der Waals surface area contributed by atoms with Crippen LogP contribution in [0, 0.1) is 0 Å². The second-order valence-electron chi connectivity index (χ2n) is 3.81. The highest BCUT2D eigenvalue weighted by molar-refractivity contribution is 5.96. The van der Waals surface area contributed by atoms with Crippen LogP contribution in [0.15, 0.2) is 36.0 Å². The minimum Gasteiger partial charge on any atom is -0.456 e. The van der Waals surface area contributed by atoms with E-state index in [-0.39, 0.29) is 17.9 Å². The lowest BCUT2D eigenvalue weighted by Gasteiger charge is -2.09. The highest BCUT2D eigenvalue weighted by Crippen LogP contribution is 2.29. The zero-order valence-corrected chi connectivity index (χ0v) is 9.45. The predicted octanol–water partition coefficient (Wildman–Crippen LogP) is 1.88. The molecule has 1 aromatic rings. The van der Waals surface area contributed by atoms with Gasteiger partial charge in [-0.3, -0.25) is 4.79 Å². The number of amides is 1. The highest BCUT2D eigenvalue weighted by atomic mass is 19.4. The maximum absolute atomic E-state index is 12.5. The van der Waals surface area contributed by atoms with Gasteiger partial charge in [0.1, 0.15) is 6.61 Å². The van der Waals surface area contributed by atoms with Crippen molar-refractivity contribution in [1.82, 2.24) is 5.32 Å². The average molecular weight is 271 g/mol. The number of rotatable bonds is 2. The van der Waals surface area contributed by atoms with Crippen LogP contribution in [0.2, 0.25) is 0 Å². The third-order valence-electron chi connectivity index (χ3n) is 2.39. The first kappa shape index (κ1) is 13.1. The van der Waals surface area contributed by atoms with Gasteiger partial charge in [0.05, 0.1) is 11.3 Å². The van der Waals surface area contributed by atoms with Crippen molar-refractivity contribution in [2.45, 2.75) is 6.18 Å². The Bertz CT molecular complexity index is 564. The molecule has 4 nitrogen and oxygen atoms in total. The summed E-state index contributed by atoms with van der Waals surface area (Å²) in [6, 6.07) is 4.01. The molecule has 1 aromatic carbocycles. The van der Waals surface area contributed by atoms with Crippen LogP contribution in [0.5, 0.6) is 0 Å². The van der Waals surface area contributed by atoms with Crippen molar-refractivity contribution in [3.8, 4) is 0 Å². The molecule has 1 aliphatic heterocycles. The number of carbonyl (C=O) groups excluding carboxylic acids is 2. The van der Waals surface area contributed by atoms with Crippen molar-refractivity contribution in [3.63, 3.8) is 0 Å². The van der Waals surface area contributed by atoms with E-state index in [2.05, 4.69) is 10.1 Å². The van der Waals surface area contributed by atoms with Gasteiger partial charge in [0.15, 0.2) is 0 Å². The van der Waals surface area contributed by atoms with Crippen molar-refractivity contribution >= 4 is 11.9 Å². The Morgan fingerprint density at radius 2 is 2.05 bits per heavy atom. The van der Waals surface area contributed by atoms with Gasteiger partial charge in [-0.2, -0.15) is 13.2 Å². The van der Waals surface area contributed by atoms with E-state index in [1.165, 1.54) is 6.07 Å². The lowest BCUT2D eigenvalue weighted by molar-refractivity contribution is -0.137. The van der Waals surface area contributed by atoms with Crippen LogP contribution in [-0.2, 0) is 15.7 Å². The van der Waals surface area contributed by atoms with Crippen molar-refractivity contribution in [3.05, 3.63) is 47.2 Å². The first-order valence-electron chi connectivity index (χ1n) is 5.22. The van der Waals surface area contributed by atoms with Crippen LogP contribution in [0.25, 0.3) is 0 Å². The van der Waals surface area contributed by atoms with Gasteiger partial charge in [-0.25, -0.2) is 4.79 Å². The molecule has 0 unspecified atom stereocenters. The molecule has 2 rings (SSSR count). The number of ether oxygens (including phenoxy) is 1. The molecule has 0 saturated carbocycles. The highest BCUT2D eigenvalue weighted by Gasteiger charge is 2.31. The normalized spacial score (nSPS) is 14.9. The fourth-order valence-corrected chi connectivity index (χ4v) is 1.50. The molecule has 100 valence electrons. The van der Waals surface area contributed by atoms with E-state index in [4.69, 9.17) is 0 Å². The summed E-state index contributed by atoms with van der Waals surface area (Å²) in [6.45, 7) is -0.0937. The molecule has 0 aliphatic carbocycles. The van der Waals surface area contributed by atoms with Crippen LogP contribution >= 0.6 is 0 Å². The van der Waals surface area contributed by atoms with Gasteiger partial charge in [0, 0.05) is 11.6 Å². The summed E-state index contributed by atoms with van der Waals surface area (Å²) in [4.78, 5) is 22.5. The number of alkyl halides is 3. The summed E-state index contributed by atoms with van der Waals surface area (Å²) in [6.07, 6.45) is -3.44. The molecule has 19 heavy (non-hydrogen) atoms. The van der Waals surface area contributed by atoms with Gasteiger partial charge < -0.3 is 10.1 Å². The van der Waals surface area contributed by atoms with Crippen LogP contribution in [-0.4, -0.2) is 18.5 Å². The number of hydrogen-bond donors (Lipinski definition) is 1. The quantitative estimate of drug-likeness (QED) is 0.835. The molecule has 1 amide bonds. The molecule has 0 spiro atoms. The molecule has 1 heterocycles. The Hall–Kier alpha value is -2.31. The third-order valence-corrected chi connectivity index (χ3v) is 2.39. The van der Waals surface area contributed by atoms with Crippen molar-refractivity contribution < 1.29 is 27.5 Å². The number of halogens is 3. The molecule has 1 aliphatic rings. The molecule has 0 radical (unpaired) electrons. The number of carbonyl (C=O) groups is 2. The van der Waals surface area contributed by atoms with E-state index >= 15 is 0 Å². The lowest BCUT2D eigenvalue weighted by atomic mass is 10.1. The van der Waals surface area contributed by atoms with Gasteiger partial charge in [-0.05, 0) is 18.2 Å². The Labute approximate surface area is 105 Å². The molecular formula is C12H8F3NO3. The Morgan fingerprint density at radius 1 is 1.32 bits per heavy atom. The number of nitrogens with one attached hydrogen (secondary N) is 1. The van der Waals surface area contributed by atoms with Gasteiger partial charge in [0.2, 0.25) is 0 Å². The van der Waals surface area contributed by atoms with Crippen LogP contribution in [0.3, 0.4) is 0 Å². The Balaban J connectivity index is 2.16. The maximum atomic E-state index is 12.5. The molecule has 7 heteroatoms. The number of hydrogen-bond acceptors (Lipinski definition) is 3.